The lowest BCUT2D eigenvalue weighted by atomic mass is 9.92. The zero-order valence-corrected chi connectivity index (χ0v) is 25.2. The Bertz CT molecular complexity index is 1530. The van der Waals surface area contributed by atoms with Crippen molar-refractivity contribution in [2.75, 3.05) is 38.5 Å². The lowest BCUT2D eigenvalue weighted by Crippen LogP contribution is -2.40. The van der Waals surface area contributed by atoms with Crippen molar-refractivity contribution in [2.24, 2.45) is 5.92 Å². The van der Waals surface area contributed by atoms with Crippen LogP contribution in [0.25, 0.3) is 22.2 Å². The second-order valence-corrected chi connectivity index (χ2v) is 10.8. The van der Waals surface area contributed by atoms with Crippen LogP contribution in [0.1, 0.15) is 47.3 Å². The number of piperidine rings is 1. The molecule has 228 valence electrons. The van der Waals surface area contributed by atoms with E-state index in [0.29, 0.717) is 36.9 Å². The molecule has 1 aliphatic heterocycles. The molecule has 1 fully saturated rings. The number of benzene rings is 1. The van der Waals surface area contributed by atoms with Crippen molar-refractivity contribution in [3.63, 3.8) is 0 Å². The van der Waals surface area contributed by atoms with Crippen LogP contribution in [0.3, 0.4) is 0 Å². The van der Waals surface area contributed by atoms with Gasteiger partial charge in [-0.05, 0) is 62.0 Å². The van der Waals surface area contributed by atoms with Crippen LogP contribution in [0.5, 0.6) is 0 Å². The van der Waals surface area contributed by atoms with Gasteiger partial charge < -0.3 is 10.6 Å². The van der Waals surface area contributed by atoms with Gasteiger partial charge in [0.05, 0.1) is 23.3 Å². The summed E-state index contributed by atoms with van der Waals surface area (Å²) in [6.07, 6.45) is 3.04. The fourth-order valence-corrected chi connectivity index (χ4v) is 5.50. The molecule has 0 saturated carbocycles. The van der Waals surface area contributed by atoms with Crippen LogP contribution >= 0.6 is 13.5 Å². The van der Waals surface area contributed by atoms with Crippen LogP contribution in [0.4, 0.5) is 19.0 Å². The number of hydrogen-bond acceptors (Lipinski definition) is 7. The van der Waals surface area contributed by atoms with Crippen LogP contribution in [0, 0.1) is 5.92 Å². The number of likely N-dealkylation sites (tertiary alicyclic amines) is 1. The maximum absolute atomic E-state index is 12.7. The summed E-state index contributed by atoms with van der Waals surface area (Å²) in [4.78, 5) is 31.8. The van der Waals surface area contributed by atoms with Gasteiger partial charge in [-0.15, -0.1) is 0 Å². The van der Waals surface area contributed by atoms with Gasteiger partial charge in [-0.2, -0.15) is 26.7 Å². The SMILES string of the molecule is CNC(=O)c1ccnc2c([C@H](C)CNc3cc(-c4ccc(CC5CCN(CC(F)(F)F)CC5)nc4)ncn3)cccc12.S. The first-order valence-electron chi connectivity index (χ1n) is 14.1. The molecule has 4 heterocycles. The second-order valence-electron chi connectivity index (χ2n) is 10.8. The molecule has 0 spiro atoms. The van der Waals surface area contributed by atoms with Crippen LogP contribution < -0.4 is 10.6 Å². The number of hydrogen-bond donors (Lipinski definition) is 2. The fraction of sp³-hybridized carbons (Fsp3) is 0.387. The Hall–Kier alpha value is -3.77. The molecule has 1 aromatic carbocycles. The van der Waals surface area contributed by atoms with Gasteiger partial charge >= 0.3 is 6.18 Å². The summed E-state index contributed by atoms with van der Waals surface area (Å²) in [6.45, 7) is 2.79. The molecule has 1 aliphatic rings. The summed E-state index contributed by atoms with van der Waals surface area (Å²) >= 11 is 0. The molecule has 1 atom stereocenters. The van der Waals surface area contributed by atoms with E-state index in [9.17, 15) is 18.0 Å². The molecule has 4 aromatic rings. The minimum absolute atomic E-state index is 0. The van der Waals surface area contributed by atoms with Gasteiger partial charge in [0, 0.05) is 54.6 Å². The number of pyridine rings is 2. The minimum atomic E-state index is -4.15. The topological polar surface area (TPSA) is 95.9 Å². The molecule has 0 aliphatic carbocycles. The van der Waals surface area contributed by atoms with E-state index in [2.05, 4.69) is 37.5 Å². The molecule has 12 heteroatoms. The highest BCUT2D eigenvalue weighted by Crippen LogP contribution is 2.28. The third-order valence-corrected chi connectivity index (χ3v) is 7.79. The zero-order chi connectivity index (χ0) is 29.7. The molecule has 1 amide bonds. The average molecular weight is 612 g/mol. The summed E-state index contributed by atoms with van der Waals surface area (Å²) in [7, 11) is 1.61. The summed E-state index contributed by atoms with van der Waals surface area (Å²) in [5, 5.41) is 6.90. The van der Waals surface area contributed by atoms with E-state index < -0.39 is 12.7 Å². The first kappa shape index (κ1) is 32.2. The predicted octanol–water partition coefficient (Wildman–Crippen LogP) is 5.59. The molecule has 8 nitrogen and oxygen atoms in total. The van der Waals surface area contributed by atoms with Crippen molar-refractivity contribution in [3.05, 3.63) is 78.0 Å². The number of fused-ring (bicyclic) bond motifs is 1. The summed E-state index contributed by atoms with van der Waals surface area (Å²) < 4.78 is 38.0. The smallest absolute Gasteiger partial charge is 0.369 e. The maximum Gasteiger partial charge on any atom is 0.401 e. The van der Waals surface area contributed by atoms with Crippen molar-refractivity contribution in [1.29, 1.82) is 0 Å². The number of anilines is 1. The Morgan fingerprint density at radius 1 is 1.07 bits per heavy atom. The standard InChI is InChI=1S/C31H34F3N7O.H2S/c1-20(24-4-3-5-25-26(30(42)35-2)8-11-36-29(24)25)16-38-28-15-27(39-19-40-28)22-6-7-23(37-17-22)14-21-9-12-41(13-10-21)18-31(32,33)34;/h3-8,11,15,17,19-21H,9-10,12-14,16,18H2,1-2H3,(H,35,42)(H,38,39,40);1H2/t20-;/m1./s1. The molecule has 2 N–H and O–H groups in total. The summed E-state index contributed by atoms with van der Waals surface area (Å²) in [6, 6.07) is 13.4. The van der Waals surface area contributed by atoms with Gasteiger partial charge in [-0.3, -0.25) is 19.7 Å². The molecule has 0 bridgehead atoms. The van der Waals surface area contributed by atoms with Gasteiger partial charge in [0.2, 0.25) is 0 Å². The molecular formula is C31H36F3N7OS. The molecule has 1 saturated heterocycles. The lowest BCUT2D eigenvalue weighted by Gasteiger charge is -2.32. The third kappa shape index (κ3) is 8.20. The van der Waals surface area contributed by atoms with E-state index in [-0.39, 0.29) is 25.3 Å². The number of carbonyl (C=O) groups is 1. The van der Waals surface area contributed by atoms with E-state index in [1.807, 2.05) is 36.4 Å². The number of aromatic nitrogens is 4. The number of amides is 1. The number of alkyl halides is 3. The van der Waals surface area contributed by atoms with E-state index in [1.54, 1.807) is 25.5 Å². The van der Waals surface area contributed by atoms with Crippen LogP contribution in [0.15, 0.2) is 61.2 Å². The highest BCUT2D eigenvalue weighted by Gasteiger charge is 2.32. The Kier molecular flexibility index (Phi) is 10.6. The number of para-hydroxylation sites is 1. The second kappa shape index (κ2) is 14.1. The predicted molar refractivity (Wildman–Crippen MR) is 167 cm³/mol. The quantitative estimate of drug-likeness (QED) is 0.255. The van der Waals surface area contributed by atoms with Crippen LogP contribution in [0.2, 0.25) is 0 Å². The maximum atomic E-state index is 12.7. The van der Waals surface area contributed by atoms with Crippen LogP contribution in [-0.2, 0) is 6.42 Å². The van der Waals surface area contributed by atoms with Gasteiger partial charge in [0.1, 0.15) is 12.1 Å². The number of nitrogens with one attached hydrogen (secondary N) is 2. The molecular weight excluding hydrogens is 575 g/mol. The van der Waals surface area contributed by atoms with E-state index in [4.69, 9.17) is 0 Å². The van der Waals surface area contributed by atoms with E-state index in [1.165, 1.54) is 11.2 Å². The van der Waals surface area contributed by atoms with Crippen molar-refractivity contribution in [3.8, 4) is 11.3 Å². The number of carbonyl (C=O) groups excluding carboxylic acids is 1. The molecule has 0 unspecified atom stereocenters. The normalized spacial score (nSPS) is 15.1. The fourth-order valence-electron chi connectivity index (χ4n) is 5.50. The molecule has 3 aromatic heterocycles. The first-order chi connectivity index (χ1) is 20.2. The van der Waals surface area contributed by atoms with E-state index in [0.717, 1.165) is 52.7 Å². The van der Waals surface area contributed by atoms with Gasteiger partial charge in [0.25, 0.3) is 5.91 Å². The van der Waals surface area contributed by atoms with Crippen molar-refractivity contribution >= 4 is 36.1 Å². The number of halogens is 3. The van der Waals surface area contributed by atoms with Gasteiger partial charge in [-0.25, -0.2) is 9.97 Å². The molecule has 5 rings (SSSR count). The van der Waals surface area contributed by atoms with Gasteiger partial charge in [-0.1, -0.05) is 25.1 Å². The zero-order valence-electron chi connectivity index (χ0n) is 24.2. The van der Waals surface area contributed by atoms with Crippen LogP contribution in [-0.4, -0.2) is 70.1 Å². The Balaban J connectivity index is 0.00000423. The monoisotopic (exact) mass is 611 g/mol. The van der Waals surface area contributed by atoms with Crippen molar-refractivity contribution < 1.29 is 18.0 Å². The average Bonchev–Trinajstić information content (AvgIpc) is 2.99. The summed E-state index contributed by atoms with van der Waals surface area (Å²) in [5.41, 5.74) is 4.95. The Morgan fingerprint density at radius 2 is 1.86 bits per heavy atom. The first-order valence-corrected chi connectivity index (χ1v) is 14.1. The van der Waals surface area contributed by atoms with E-state index >= 15 is 0 Å². The number of rotatable bonds is 9. The third-order valence-electron chi connectivity index (χ3n) is 7.79. The van der Waals surface area contributed by atoms with Gasteiger partial charge in [0.15, 0.2) is 0 Å². The molecule has 0 radical (unpaired) electrons. The lowest BCUT2D eigenvalue weighted by molar-refractivity contribution is -0.148. The highest BCUT2D eigenvalue weighted by molar-refractivity contribution is 7.59. The highest BCUT2D eigenvalue weighted by atomic mass is 32.1. The Morgan fingerprint density at radius 3 is 2.56 bits per heavy atom. The van der Waals surface area contributed by atoms with Crippen molar-refractivity contribution in [2.45, 2.75) is 38.3 Å². The largest absolute Gasteiger partial charge is 0.401 e. The summed E-state index contributed by atoms with van der Waals surface area (Å²) in [5.74, 6) is 0.949. The van der Waals surface area contributed by atoms with Crippen molar-refractivity contribution in [1.82, 2.24) is 30.2 Å². The number of nitrogens with zero attached hydrogens (tertiary/aromatic N) is 5. The Labute approximate surface area is 256 Å². The minimum Gasteiger partial charge on any atom is -0.369 e. The molecule has 43 heavy (non-hydrogen) atoms.